The van der Waals surface area contributed by atoms with Gasteiger partial charge >= 0.3 is 0 Å². The Labute approximate surface area is 89.7 Å². The molecule has 7 heteroatoms. The fourth-order valence-electron chi connectivity index (χ4n) is 1.21. The average molecular weight is 226 g/mol. The molecule has 2 aromatic heterocycles. The third-order valence-corrected chi connectivity index (χ3v) is 1.95. The first-order valence-corrected chi connectivity index (χ1v) is 4.53. The first-order chi connectivity index (χ1) is 7.06. The predicted molar refractivity (Wildman–Crippen MR) is 56.1 cm³/mol. The summed E-state index contributed by atoms with van der Waals surface area (Å²) in [6.07, 6.45) is 0. The minimum atomic E-state index is -0.349. The third-order valence-electron chi connectivity index (χ3n) is 1.76. The molecular weight excluding hydrogens is 218 g/mol. The first-order valence-electron chi connectivity index (χ1n) is 4.15. The second-order valence-electron chi connectivity index (χ2n) is 3.01. The topological polar surface area (TPSA) is 89.6 Å². The average Bonchev–Trinajstić information content (AvgIpc) is 2.43. The molecule has 2 rings (SSSR count). The van der Waals surface area contributed by atoms with Crippen LogP contribution in [-0.2, 0) is 0 Å². The van der Waals surface area contributed by atoms with Gasteiger partial charge in [-0.25, -0.2) is 4.98 Å². The number of hydrogen-bond acceptors (Lipinski definition) is 4. The van der Waals surface area contributed by atoms with Crippen molar-refractivity contribution in [2.45, 2.75) is 6.92 Å². The van der Waals surface area contributed by atoms with E-state index >= 15 is 0 Å². The number of H-pyrrole nitrogens is 1. The van der Waals surface area contributed by atoms with Crippen molar-refractivity contribution in [3.05, 3.63) is 33.3 Å². The molecule has 0 aromatic carbocycles. The largest absolute Gasteiger partial charge is 0.383 e. The number of halogens is 1. The highest BCUT2D eigenvalue weighted by molar-refractivity contribution is 6.29. The molecule has 0 amide bonds. The van der Waals surface area contributed by atoms with Crippen molar-refractivity contribution in [3.63, 3.8) is 0 Å². The number of aromatic nitrogens is 4. The number of anilines is 1. The van der Waals surface area contributed by atoms with Crippen molar-refractivity contribution in [2.75, 3.05) is 5.73 Å². The molecule has 0 saturated carbocycles. The van der Waals surface area contributed by atoms with E-state index in [2.05, 4.69) is 15.1 Å². The van der Waals surface area contributed by atoms with Gasteiger partial charge in [0.25, 0.3) is 5.56 Å². The maximum Gasteiger partial charge on any atom is 0.253 e. The lowest BCUT2D eigenvalue weighted by Gasteiger charge is -2.01. The number of nitrogens with zero attached hydrogens (tertiary/aromatic N) is 3. The molecular formula is C8H8ClN5O. The predicted octanol–water partition coefficient (Wildman–Crippen LogP) is 0.500. The summed E-state index contributed by atoms with van der Waals surface area (Å²) in [7, 11) is 0. The molecule has 0 radical (unpaired) electrons. The Morgan fingerprint density at radius 2 is 2.27 bits per heavy atom. The highest BCUT2D eigenvalue weighted by atomic mass is 35.5. The number of nitrogens with two attached hydrogens (primary N) is 1. The quantitative estimate of drug-likeness (QED) is 0.692. The van der Waals surface area contributed by atoms with Gasteiger partial charge in [0.15, 0.2) is 0 Å². The summed E-state index contributed by atoms with van der Waals surface area (Å²) in [4.78, 5) is 17.5. The molecule has 0 aliphatic rings. The summed E-state index contributed by atoms with van der Waals surface area (Å²) in [6.45, 7) is 1.79. The first kappa shape index (κ1) is 9.72. The Morgan fingerprint density at radius 3 is 2.80 bits per heavy atom. The van der Waals surface area contributed by atoms with Gasteiger partial charge in [-0.1, -0.05) is 11.6 Å². The lowest BCUT2D eigenvalue weighted by Crippen LogP contribution is -2.14. The normalized spacial score (nSPS) is 10.5. The van der Waals surface area contributed by atoms with Crippen LogP contribution in [0, 0.1) is 6.92 Å². The zero-order valence-electron chi connectivity index (χ0n) is 7.86. The van der Waals surface area contributed by atoms with E-state index in [4.69, 9.17) is 17.3 Å². The summed E-state index contributed by atoms with van der Waals surface area (Å²) in [6, 6.07) is 2.85. The van der Waals surface area contributed by atoms with Crippen LogP contribution in [0.4, 0.5) is 5.82 Å². The molecule has 3 N–H and O–H groups in total. The maximum atomic E-state index is 11.1. The van der Waals surface area contributed by atoms with Gasteiger partial charge in [0.2, 0.25) is 5.95 Å². The van der Waals surface area contributed by atoms with Gasteiger partial charge in [0.1, 0.15) is 11.0 Å². The smallest absolute Gasteiger partial charge is 0.253 e. The van der Waals surface area contributed by atoms with E-state index in [1.54, 1.807) is 13.0 Å². The lowest BCUT2D eigenvalue weighted by molar-refractivity contribution is 0.799. The molecule has 0 atom stereocenters. The molecule has 0 unspecified atom stereocenters. The summed E-state index contributed by atoms with van der Waals surface area (Å²) in [5, 5.41) is 4.16. The van der Waals surface area contributed by atoms with Gasteiger partial charge in [-0.05, 0) is 6.92 Å². The van der Waals surface area contributed by atoms with Crippen molar-refractivity contribution in [1.29, 1.82) is 0 Å². The molecule has 2 aromatic rings. The zero-order valence-corrected chi connectivity index (χ0v) is 8.62. The van der Waals surface area contributed by atoms with E-state index in [9.17, 15) is 4.79 Å². The molecule has 0 bridgehead atoms. The van der Waals surface area contributed by atoms with Gasteiger partial charge < -0.3 is 5.73 Å². The molecule has 2 heterocycles. The van der Waals surface area contributed by atoms with Crippen molar-refractivity contribution >= 4 is 17.4 Å². The monoisotopic (exact) mass is 225 g/mol. The van der Waals surface area contributed by atoms with Crippen molar-refractivity contribution in [3.8, 4) is 5.95 Å². The van der Waals surface area contributed by atoms with Crippen LogP contribution in [0.3, 0.4) is 0 Å². The Balaban J connectivity index is 2.63. The summed E-state index contributed by atoms with van der Waals surface area (Å²) < 4.78 is 1.32. The number of rotatable bonds is 1. The van der Waals surface area contributed by atoms with Crippen LogP contribution < -0.4 is 11.3 Å². The Hall–Kier alpha value is -1.82. The van der Waals surface area contributed by atoms with Crippen LogP contribution >= 0.6 is 11.6 Å². The molecule has 15 heavy (non-hydrogen) atoms. The van der Waals surface area contributed by atoms with Crippen LogP contribution in [0.25, 0.3) is 5.95 Å². The summed E-state index contributed by atoms with van der Waals surface area (Å²) >= 11 is 5.65. The summed E-state index contributed by atoms with van der Waals surface area (Å²) in [5.41, 5.74) is 6.05. The number of hydrogen-bond donors (Lipinski definition) is 2. The van der Waals surface area contributed by atoms with Gasteiger partial charge in [0.05, 0.1) is 5.69 Å². The molecule has 0 spiro atoms. The van der Waals surface area contributed by atoms with E-state index in [0.717, 1.165) is 5.69 Å². The molecule has 6 nitrogen and oxygen atoms in total. The van der Waals surface area contributed by atoms with Crippen LogP contribution in [0.15, 0.2) is 16.9 Å². The second-order valence-corrected chi connectivity index (χ2v) is 3.40. The minimum absolute atomic E-state index is 0.0984. The molecule has 78 valence electrons. The molecule has 0 saturated heterocycles. The number of nitrogens with one attached hydrogen (secondary N) is 1. The Kier molecular flexibility index (Phi) is 2.20. The van der Waals surface area contributed by atoms with Crippen LogP contribution in [0.5, 0.6) is 0 Å². The molecule has 0 fully saturated rings. The second kappa shape index (κ2) is 3.39. The number of nitrogen functional groups attached to an aromatic ring is 1. The Morgan fingerprint density at radius 1 is 1.53 bits per heavy atom. The van der Waals surface area contributed by atoms with E-state index in [1.165, 1.54) is 10.7 Å². The van der Waals surface area contributed by atoms with Gasteiger partial charge in [-0.2, -0.15) is 9.78 Å². The van der Waals surface area contributed by atoms with Crippen molar-refractivity contribution < 1.29 is 0 Å². The fourth-order valence-corrected chi connectivity index (χ4v) is 1.38. The van der Waals surface area contributed by atoms with E-state index < -0.39 is 0 Å². The maximum absolute atomic E-state index is 11.1. The van der Waals surface area contributed by atoms with Crippen molar-refractivity contribution in [1.82, 2.24) is 19.7 Å². The van der Waals surface area contributed by atoms with Gasteiger partial charge in [-0.15, -0.1) is 0 Å². The van der Waals surface area contributed by atoms with Gasteiger partial charge in [0, 0.05) is 12.1 Å². The summed E-state index contributed by atoms with van der Waals surface area (Å²) in [5.74, 6) is 0.594. The van der Waals surface area contributed by atoms with Crippen LogP contribution in [0.1, 0.15) is 5.69 Å². The van der Waals surface area contributed by atoms with E-state index in [-0.39, 0.29) is 16.7 Å². The zero-order chi connectivity index (χ0) is 11.0. The van der Waals surface area contributed by atoms with Gasteiger partial charge in [-0.3, -0.25) is 9.78 Å². The molecule has 0 aliphatic heterocycles. The Bertz CT molecular complexity index is 558. The molecule has 0 aliphatic carbocycles. The van der Waals surface area contributed by atoms with E-state index in [0.29, 0.717) is 5.82 Å². The fraction of sp³-hybridized carbons (Fsp3) is 0.125. The third kappa shape index (κ3) is 1.84. The number of aryl methyl sites for hydroxylation is 1. The highest BCUT2D eigenvalue weighted by Crippen LogP contribution is 2.10. The highest BCUT2D eigenvalue weighted by Gasteiger charge is 2.07. The lowest BCUT2D eigenvalue weighted by atomic mass is 10.5. The van der Waals surface area contributed by atoms with E-state index in [1.807, 2.05) is 0 Å². The van der Waals surface area contributed by atoms with Crippen LogP contribution in [-0.4, -0.2) is 19.7 Å². The standard InChI is InChI=1S/C8H8ClN5O/c1-4-2-6(10)14(13-4)8-11-5(9)3-7(15)12-8/h2-3H,10H2,1H3,(H,11,12,15). The number of aromatic amines is 1. The minimum Gasteiger partial charge on any atom is -0.383 e. The van der Waals surface area contributed by atoms with Crippen molar-refractivity contribution in [2.24, 2.45) is 0 Å². The van der Waals surface area contributed by atoms with Crippen LogP contribution in [0.2, 0.25) is 5.15 Å². The SMILES string of the molecule is Cc1cc(N)n(-c2nc(Cl)cc(=O)[nH]2)n1.